The van der Waals surface area contributed by atoms with Crippen LogP contribution in [0.4, 0.5) is 5.69 Å². The highest BCUT2D eigenvalue weighted by Crippen LogP contribution is 2.19. The summed E-state index contributed by atoms with van der Waals surface area (Å²) >= 11 is 0. The molecule has 1 fully saturated rings. The first kappa shape index (κ1) is 16.3. The second kappa shape index (κ2) is 7.81. The van der Waals surface area contributed by atoms with Gasteiger partial charge in [0.15, 0.2) is 0 Å². The van der Waals surface area contributed by atoms with Crippen molar-refractivity contribution in [2.45, 2.75) is 40.3 Å². The molecule has 1 atom stereocenters. The molecule has 3 heteroatoms. The van der Waals surface area contributed by atoms with Crippen LogP contribution in [0.3, 0.4) is 0 Å². The molecule has 0 spiro atoms. The monoisotopic (exact) mass is 289 g/mol. The Balaban J connectivity index is 1.87. The average molecular weight is 289 g/mol. The quantitative estimate of drug-likeness (QED) is 0.868. The molecule has 21 heavy (non-hydrogen) atoms. The molecule has 1 aromatic carbocycles. The predicted molar refractivity (Wildman–Crippen MR) is 91.9 cm³/mol. The van der Waals surface area contributed by atoms with E-state index in [9.17, 15) is 0 Å². The van der Waals surface area contributed by atoms with E-state index in [0.717, 1.165) is 32.7 Å². The average Bonchev–Trinajstić information content (AvgIpc) is 2.47. The number of anilines is 1. The Morgan fingerprint density at radius 3 is 2.48 bits per heavy atom. The van der Waals surface area contributed by atoms with E-state index in [2.05, 4.69) is 67.1 Å². The Morgan fingerprint density at radius 1 is 1.19 bits per heavy atom. The summed E-state index contributed by atoms with van der Waals surface area (Å²) < 4.78 is 0. The third-order valence-corrected chi connectivity index (χ3v) is 4.35. The fourth-order valence-electron chi connectivity index (χ4n) is 3.03. The number of rotatable bonds is 6. The lowest BCUT2D eigenvalue weighted by Gasteiger charge is -2.40. The lowest BCUT2D eigenvalue weighted by Crippen LogP contribution is -2.51. The second-order valence-electron chi connectivity index (χ2n) is 6.61. The van der Waals surface area contributed by atoms with E-state index in [4.69, 9.17) is 0 Å². The van der Waals surface area contributed by atoms with Crippen molar-refractivity contribution >= 4 is 5.69 Å². The number of nitrogens with zero attached hydrogens (tertiary/aromatic N) is 2. The largest absolute Gasteiger partial charge is 0.369 e. The standard InChI is InChI=1S/C18H31N3/c1-5-20-10-11-21(14-16(20)4)18-8-6-17(7-9-18)13-19-12-15(2)3/h6-9,15-16,19H,5,10-14H2,1-4H3. The third kappa shape index (κ3) is 4.72. The van der Waals surface area contributed by atoms with E-state index in [0.29, 0.717) is 12.0 Å². The highest BCUT2D eigenvalue weighted by Gasteiger charge is 2.22. The molecule has 1 heterocycles. The molecule has 1 unspecified atom stereocenters. The van der Waals surface area contributed by atoms with Gasteiger partial charge in [0.05, 0.1) is 0 Å². The molecule has 0 saturated carbocycles. The Bertz CT molecular complexity index is 413. The second-order valence-corrected chi connectivity index (χ2v) is 6.61. The molecule has 0 aliphatic carbocycles. The van der Waals surface area contributed by atoms with Crippen molar-refractivity contribution in [2.24, 2.45) is 5.92 Å². The summed E-state index contributed by atoms with van der Waals surface area (Å²) in [7, 11) is 0. The Labute approximate surface area is 130 Å². The molecular formula is C18H31N3. The maximum atomic E-state index is 3.50. The van der Waals surface area contributed by atoms with Crippen molar-refractivity contribution in [2.75, 3.05) is 37.6 Å². The SMILES string of the molecule is CCN1CCN(c2ccc(CNCC(C)C)cc2)CC1C. The van der Waals surface area contributed by atoms with Gasteiger partial charge < -0.3 is 10.2 Å². The minimum absolute atomic E-state index is 0.649. The molecule has 1 aliphatic rings. The smallest absolute Gasteiger partial charge is 0.0367 e. The fourth-order valence-corrected chi connectivity index (χ4v) is 3.03. The van der Waals surface area contributed by atoms with Crippen LogP contribution in [0, 0.1) is 5.92 Å². The highest BCUT2D eigenvalue weighted by molar-refractivity contribution is 5.48. The van der Waals surface area contributed by atoms with Crippen LogP contribution in [0.2, 0.25) is 0 Å². The third-order valence-electron chi connectivity index (χ3n) is 4.35. The van der Waals surface area contributed by atoms with Gasteiger partial charge in [-0.05, 0) is 43.6 Å². The van der Waals surface area contributed by atoms with Crippen molar-refractivity contribution in [3.05, 3.63) is 29.8 Å². The lowest BCUT2D eigenvalue weighted by atomic mass is 10.1. The van der Waals surface area contributed by atoms with Gasteiger partial charge in [0.25, 0.3) is 0 Å². The zero-order valence-electron chi connectivity index (χ0n) is 14.1. The molecule has 1 N–H and O–H groups in total. The molecule has 1 saturated heterocycles. The van der Waals surface area contributed by atoms with Gasteiger partial charge in [-0.25, -0.2) is 0 Å². The number of hydrogen-bond acceptors (Lipinski definition) is 3. The highest BCUT2D eigenvalue weighted by atomic mass is 15.3. The minimum Gasteiger partial charge on any atom is -0.369 e. The lowest BCUT2D eigenvalue weighted by molar-refractivity contribution is 0.199. The topological polar surface area (TPSA) is 18.5 Å². The van der Waals surface area contributed by atoms with Crippen molar-refractivity contribution in [3.63, 3.8) is 0 Å². The number of likely N-dealkylation sites (N-methyl/N-ethyl adjacent to an activating group) is 1. The van der Waals surface area contributed by atoms with Crippen LogP contribution in [-0.4, -0.2) is 43.7 Å². The normalized spacial score (nSPS) is 20.2. The van der Waals surface area contributed by atoms with Crippen LogP contribution < -0.4 is 10.2 Å². The number of piperazine rings is 1. The summed E-state index contributed by atoms with van der Waals surface area (Å²) in [6.45, 7) is 15.7. The molecular weight excluding hydrogens is 258 g/mol. The van der Waals surface area contributed by atoms with Gasteiger partial charge in [-0.2, -0.15) is 0 Å². The summed E-state index contributed by atoms with van der Waals surface area (Å²) in [6, 6.07) is 9.73. The Morgan fingerprint density at radius 2 is 1.90 bits per heavy atom. The van der Waals surface area contributed by atoms with Gasteiger partial charge in [0.2, 0.25) is 0 Å². The first-order valence-corrected chi connectivity index (χ1v) is 8.38. The van der Waals surface area contributed by atoms with Crippen molar-refractivity contribution < 1.29 is 0 Å². The van der Waals surface area contributed by atoms with Crippen LogP contribution >= 0.6 is 0 Å². The van der Waals surface area contributed by atoms with E-state index in [1.165, 1.54) is 17.8 Å². The zero-order chi connectivity index (χ0) is 15.2. The summed E-state index contributed by atoms with van der Waals surface area (Å²) in [5, 5.41) is 3.50. The molecule has 1 aliphatic heterocycles. The van der Waals surface area contributed by atoms with Gasteiger partial charge in [0.1, 0.15) is 0 Å². The first-order valence-electron chi connectivity index (χ1n) is 8.38. The number of benzene rings is 1. The van der Waals surface area contributed by atoms with E-state index in [1.807, 2.05) is 0 Å². The summed E-state index contributed by atoms with van der Waals surface area (Å²) in [4.78, 5) is 5.07. The van der Waals surface area contributed by atoms with E-state index in [-0.39, 0.29) is 0 Å². The molecule has 118 valence electrons. The van der Waals surface area contributed by atoms with E-state index in [1.54, 1.807) is 0 Å². The van der Waals surface area contributed by atoms with E-state index >= 15 is 0 Å². The molecule has 3 nitrogen and oxygen atoms in total. The van der Waals surface area contributed by atoms with Gasteiger partial charge in [-0.15, -0.1) is 0 Å². The van der Waals surface area contributed by atoms with Gasteiger partial charge in [0, 0.05) is 37.9 Å². The molecule has 0 aromatic heterocycles. The minimum atomic E-state index is 0.649. The van der Waals surface area contributed by atoms with Crippen LogP contribution in [-0.2, 0) is 6.54 Å². The number of nitrogens with one attached hydrogen (secondary N) is 1. The maximum Gasteiger partial charge on any atom is 0.0367 e. The molecule has 0 amide bonds. The summed E-state index contributed by atoms with van der Waals surface area (Å²) in [5.41, 5.74) is 2.74. The maximum absolute atomic E-state index is 3.50. The summed E-state index contributed by atoms with van der Waals surface area (Å²) in [6.07, 6.45) is 0. The predicted octanol–water partition coefficient (Wildman–Crippen LogP) is 2.96. The van der Waals surface area contributed by atoms with Crippen molar-refractivity contribution in [1.82, 2.24) is 10.2 Å². The van der Waals surface area contributed by atoms with Gasteiger partial charge in [-0.1, -0.05) is 32.9 Å². The zero-order valence-corrected chi connectivity index (χ0v) is 14.1. The first-order chi connectivity index (χ1) is 10.1. The van der Waals surface area contributed by atoms with Gasteiger partial charge in [-0.3, -0.25) is 4.90 Å². The Hall–Kier alpha value is -1.06. The molecule has 2 rings (SSSR count). The summed E-state index contributed by atoms with van der Waals surface area (Å²) in [5.74, 6) is 0.709. The molecule has 1 aromatic rings. The van der Waals surface area contributed by atoms with E-state index < -0.39 is 0 Å². The molecule has 0 radical (unpaired) electrons. The van der Waals surface area contributed by atoms with Crippen molar-refractivity contribution in [3.8, 4) is 0 Å². The number of hydrogen-bond donors (Lipinski definition) is 1. The van der Waals surface area contributed by atoms with Crippen LogP contribution in [0.25, 0.3) is 0 Å². The fraction of sp³-hybridized carbons (Fsp3) is 0.667. The van der Waals surface area contributed by atoms with Crippen LogP contribution in [0.5, 0.6) is 0 Å². The Kier molecular flexibility index (Phi) is 6.07. The molecule has 0 bridgehead atoms. The van der Waals surface area contributed by atoms with Crippen molar-refractivity contribution in [1.29, 1.82) is 0 Å². The van der Waals surface area contributed by atoms with Crippen LogP contribution in [0.1, 0.15) is 33.3 Å². The van der Waals surface area contributed by atoms with Gasteiger partial charge >= 0.3 is 0 Å². The van der Waals surface area contributed by atoms with Crippen LogP contribution in [0.15, 0.2) is 24.3 Å².